The summed E-state index contributed by atoms with van der Waals surface area (Å²) in [5.41, 5.74) is 0.784. The van der Waals surface area contributed by atoms with Crippen LogP contribution in [0.4, 0.5) is 0 Å². The Morgan fingerprint density at radius 2 is 0.680 bits per heavy atom. The van der Waals surface area contributed by atoms with Crippen LogP contribution in [-0.2, 0) is 0 Å². The second-order valence-corrected chi connectivity index (χ2v) is 10.9. The lowest BCUT2D eigenvalue weighted by molar-refractivity contribution is 0.0648. The molecule has 0 radical (unpaired) electrons. The molecular weight excluding hydrogens is 640 g/mol. The van der Waals surface area contributed by atoms with E-state index in [2.05, 4.69) is 0 Å². The zero-order valence-electron chi connectivity index (χ0n) is 25.9. The summed E-state index contributed by atoms with van der Waals surface area (Å²) >= 11 is 0. The van der Waals surface area contributed by atoms with E-state index in [1.165, 1.54) is 12.1 Å². The fraction of sp³-hybridized carbons (Fsp3) is 0. The van der Waals surface area contributed by atoms with Crippen LogP contribution in [0.1, 0.15) is 41.4 Å². The second kappa shape index (κ2) is 13.9. The number of aromatic carboxylic acids is 4. The average molecular weight is 667 g/mol. The molecule has 50 heavy (non-hydrogen) atoms. The third kappa shape index (κ3) is 6.62. The van der Waals surface area contributed by atoms with E-state index in [0.29, 0.717) is 0 Å². The highest BCUT2D eigenvalue weighted by atomic mass is 16.5. The van der Waals surface area contributed by atoms with Crippen LogP contribution in [0.2, 0.25) is 0 Å². The van der Waals surface area contributed by atoms with Crippen molar-refractivity contribution >= 4 is 23.9 Å². The number of ether oxygens (including phenoxy) is 2. The Morgan fingerprint density at radius 1 is 0.360 bits per heavy atom. The van der Waals surface area contributed by atoms with Crippen LogP contribution in [0.5, 0.6) is 23.0 Å². The topological polar surface area (TPSA) is 168 Å². The molecule has 0 bridgehead atoms. The molecule has 0 spiro atoms. The minimum absolute atomic E-state index is 0.0603. The highest BCUT2D eigenvalue weighted by Crippen LogP contribution is 2.45. The van der Waals surface area contributed by atoms with Crippen LogP contribution in [0.3, 0.4) is 0 Å². The van der Waals surface area contributed by atoms with Crippen molar-refractivity contribution in [3.05, 3.63) is 156 Å². The summed E-state index contributed by atoms with van der Waals surface area (Å²) in [7, 11) is 0. The summed E-state index contributed by atoms with van der Waals surface area (Å²) in [6.07, 6.45) is 0. The Hall–Kier alpha value is -7.20. The molecule has 0 aliphatic heterocycles. The lowest BCUT2D eigenvalue weighted by Gasteiger charge is -2.20. The van der Waals surface area contributed by atoms with Crippen molar-refractivity contribution in [2.45, 2.75) is 0 Å². The van der Waals surface area contributed by atoms with Gasteiger partial charge in [-0.1, -0.05) is 84.9 Å². The molecule has 10 heteroatoms. The molecule has 0 heterocycles. The van der Waals surface area contributed by atoms with Crippen LogP contribution >= 0.6 is 0 Å². The number of benzene rings is 6. The van der Waals surface area contributed by atoms with Gasteiger partial charge in [-0.2, -0.15) is 0 Å². The highest BCUT2D eigenvalue weighted by molar-refractivity contribution is 6.08. The van der Waals surface area contributed by atoms with Crippen molar-refractivity contribution in [1.82, 2.24) is 0 Å². The maximum atomic E-state index is 12.7. The molecule has 0 aliphatic carbocycles. The smallest absolute Gasteiger partial charge is 0.340 e. The lowest BCUT2D eigenvalue weighted by atomic mass is 9.93. The van der Waals surface area contributed by atoms with Crippen molar-refractivity contribution in [2.75, 3.05) is 0 Å². The van der Waals surface area contributed by atoms with Crippen molar-refractivity contribution in [2.24, 2.45) is 0 Å². The van der Waals surface area contributed by atoms with E-state index in [1.807, 2.05) is 60.7 Å². The SMILES string of the molecule is O=C(O)c1ccc(-c2ccc(C(=O)O)c(C(=O)O)c2Oc2ccc(-c3ccccc3)cc2)c(Oc2ccc(-c3ccccc3)cc2)c1C(=O)O. The van der Waals surface area contributed by atoms with Gasteiger partial charge in [-0.25, -0.2) is 19.2 Å². The third-order valence-electron chi connectivity index (χ3n) is 7.86. The molecule has 0 unspecified atom stereocenters. The summed E-state index contributed by atoms with van der Waals surface area (Å²) in [5, 5.41) is 40.4. The fourth-order valence-corrected chi connectivity index (χ4v) is 5.51. The van der Waals surface area contributed by atoms with Crippen LogP contribution in [0, 0.1) is 0 Å². The number of carboxylic acids is 4. The minimum atomic E-state index is -1.63. The second-order valence-electron chi connectivity index (χ2n) is 10.9. The van der Waals surface area contributed by atoms with Gasteiger partial charge in [0.15, 0.2) is 11.5 Å². The molecule has 0 fully saturated rings. The molecule has 0 aliphatic rings. The van der Waals surface area contributed by atoms with Gasteiger partial charge in [0, 0.05) is 11.1 Å². The van der Waals surface area contributed by atoms with Gasteiger partial charge < -0.3 is 29.9 Å². The van der Waals surface area contributed by atoms with Gasteiger partial charge in [0.1, 0.15) is 22.6 Å². The van der Waals surface area contributed by atoms with Gasteiger partial charge in [0.2, 0.25) is 0 Å². The molecule has 6 aromatic rings. The number of carboxylic acid groups (broad SMARTS) is 4. The van der Waals surface area contributed by atoms with Crippen LogP contribution in [-0.4, -0.2) is 44.3 Å². The van der Waals surface area contributed by atoms with Crippen molar-refractivity contribution < 1.29 is 49.1 Å². The summed E-state index contributed by atoms with van der Waals surface area (Å²) < 4.78 is 12.2. The molecule has 0 aromatic heterocycles. The Morgan fingerprint density at radius 3 is 0.980 bits per heavy atom. The first-order chi connectivity index (χ1) is 24.1. The van der Waals surface area contributed by atoms with E-state index in [-0.39, 0.29) is 22.6 Å². The van der Waals surface area contributed by atoms with Gasteiger partial charge in [-0.15, -0.1) is 0 Å². The summed E-state index contributed by atoms with van der Waals surface area (Å²) in [6, 6.07) is 36.8. The molecule has 6 aromatic carbocycles. The van der Waals surface area contributed by atoms with Crippen LogP contribution < -0.4 is 9.47 Å². The van der Waals surface area contributed by atoms with Crippen molar-refractivity contribution in [3.63, 3.8) is 0 Å². The highest BCUT2D eigenvalue weighted by Gasteiger charge is 2.31. The van der Waals surface area contributed by atoms with E-state index >= 15 is 0 Å². The van der Waals surface area contributed by atoms with Gasteiger partial charge in [0.25, 0.3) is 0 Å². The molecule has 6 rings (SSSR count). The molecule has 10 nitrogen and oxygen atoms in total. The Kier molecular flexibility index (Phi) is 9.09. The average Bonchev–Trinajstić information content (AvgIpc) is 3.12. The molecule has 0 saturated heterocycles. The van der Waals surface area contributed by atoms with Gasteiger partial charge in [-0.05, 0) is 70.8 Å². The monoisotopic (exact) mass is 666 g/mol. The minimum Gasteiger partial charge on any atom is -0.478 e. The molecule has 246 valence electrons. The summed E-state index contributed by atoms with van der Waals surface area (Å²) in [5.74, 6) is -6.88. The van der Waals surface area contributed by atoms with Gasteiger partial charge in [-0.3, -0.25) is 0 Å². The third-order valence-corrected chi connectivity index (χ3v) is 7.86. The Labute approximate surface area is 284 Å². The van der Waals surface area contributed by atoms with Crippen LogP contribution in [0.25, 0.3) is 33.4 Å². The Bertz CT molecular complexity index is 2080. The van der Waals surface area contributed by atoms with Gasteiger partial charge in [0.05, 0.1) is 11.1 Å². The predicted molar refractivity (Wildman–Crippen MR) is 184 cm³/mol. The van der Waals surface area contributed by atoms with Gasteiger partial charge >= 0.3 is 23.9 Å². The standard InChI is InChI=1S/C40H26O10/c41-37(42)31-21-19-29(35(33(31)39(45)46)49-27-15-11-25(12-16-27)23-7-3-1-4-8-23)30-20-22-32(38(43)44)34(40(47)48)36(30)50-28-17-13-26(14-18-28)24-9-5-2-6-10-24/h1-22H,(H,41,42)(H,43,44)(H,45,46)(H,47,48). The molecular formula is C40H26O10. The summed E-state index contributed by atoms with van der Waals surface area (Å²) in [6.45, 7) is 0. The molecule has 4 N–H and O–H groups in total. The lowest BCUT2D eigenvalue weighted by Crippen LogP contribution is -2.13. The number of rotatable bonds is 11. The first-order valence-electron chi connectivity index (χ1n) is 15.1. The first-order valence-corrected chi connectivity index (χ1v) is 15.1. The largest absolute Gasteiger partial charge is 0.478 e. The molecule has 0 saturated carbocycles. The molecule has 0 atom stereocenters. The zero-order chi connectivity index (χ0) is 35.4. The van der Waals surface area contributed by atoms with Crippen molar-refractivity contribution in [3.8, 4) is 56.4 Å². The Balaban J connectivity index is 1.53. The fourth-order valence-electron chi connectivity index (χ4n) is 5.51. The van der Waals surface area contributed by atoms with E-state index in [9.17, 15) is 39.6 Å². The summed E-state index contributed by atoms with van der Waals surface area (Å²) in [4.78, 5) is 49.7. The number of carbonyl (C=O) groups is 4. The van der Waals surface area contributed by atoms with Crippen molar-refractivity contribution in [1.29, 1.82) is 0 Å². The van der Waals surface area contributed by atoms with E-state index < -0.39 is 57.6 Å². The number of hydrogen-bond acceptors (Lipinski definition) is 6. The molecule has 0 amide bonds. The normalized spacial score (nSPS) is 10.6. The predicted octanol–water partition coefficient (Wildman–Crippen LogP) is 9.07. The van der Waals surface area contributed by atoms with E-state index in [4.69, 9.17) is 9.47 Å². The first kappa shape index (κ1) is 32.7. The van der Waals surface area contributed by atoms with Crippen LogP contribution in [0.15, 0.2) is 133 Å². The van der Waals surface area contributed by atoms with E-state index in [1.54, 1.807) is 48.5 Å². The van der Waals surface area contributed by atoms with E-state index in [0.717, 1.165) is 34.4 Å². The quantitative estimate of drug-likeness (QED) is 0.105. The maximum absolute atomic E-state index is 12.7. The number of hydrogen-bond donors (Lipinski definition) is 4. The maximum Gasteiger partial charge on any atom is 0.340 e. The zero-order valence-corrected chi connectivity index (χ0v) is 25.9.